The molecule has 0 radical (unpaired) electrons. The Morgan fingerprint density at radius 2 is 2.00 bits per heavy atom. The molecule has 1 N–H and O–H groups in total. The fourth-order valence-corrected chi connectivity index (χ4v) is 2.08. The first kappa shape index (κ1) is 17.6. The SMILES string of the molecule is Cc1ccc(NC(=O)OCCOc2ccccc2Cl)cc1[N+](=O)[O-]. The fraction of sp³-hybridized carbons (Fsp3) is 0.188. The Balaban J connectivity index is 1.80. The number of halogens is 1. The Morgan fingerprint density at radius 3 is 2.71 bits per heavy atom. The summed E-state index contributed by atoms with van der Waals surface area (Å²) >= 11 is 5.93. The van der Waals surface area contributed by atoms with Crippen molar-refractivity contribution in [2.75, 3.05) is 18.5 Å². The highest BCUT2D eigenvalue weighted by molar-refractivity contribution is 6.32. The molecule has 2 aromatic carbocycles. The molecule has 0 aliphatic heterocycles. The third-order valence-corrected chi connectivity index (χ3v) is 3.38. The van der Waals surface area contributed by atoms with Gasteiger partial charge in [0.05, 0.1) is 15.6 Å². The first-order valence-corrected chi connectivity index (χ1v) is 7.41. The van der Waals surface area contributed by atoms with Crippen LogP contribution in [-0.4, -0.2) is 24.2 Å². The van der Waals surface area contributed by atoms with Gasteiger partial charge in [-0.15, -0.1) is 0 Å². The molecule has 0 heterocycles. The highest BCUT2D eigenvalue weighted by Crippen LogP contribution is 2.23. The lowest BCUT2D eigenvalue weighted by atomic mass is 10.2. The first-order chi connectivity index (χ1) is 11.5. The zero-order valence-corrected chi connectivity index (χ0v) is 13.6. The van der Waals surface area contributed by atoms with Crippen LogP contribution >= 0.6 is 11.6 Å². The maximum Gasteiger partial charge on any atom is 0.411 e. The van der Waals surface area contributed by atoms with Gasteiger partial charge in [-0.25, -0.2) is 4.79 Å². The van der Waals surface area contributed by atoms with E-state index in [1.54, 1.807) is 43.3 Å². The van der Waals surface area contributed by atoms with E-state index in [-0.39, 0.29) is 24.6 Å². The number of amides is 1. The van der Waals surface area contributed by atoms with Gasteiger partial charge in [-0.1, -0.05) is 29.8 Å². The molecule has 0 saturated carbocycles. The van der Waals surface area contributed by atoms with Crippen molar-refractivity contribution in [3.05, 3.63) is 63.2 Å². The molecular weight excluding hydrogens is 336 g/mol. The Kier molecular flexibility index (Phi) is 5.97. The summed E-state index contributed by atoms with van der Waals surface area (Å²) < 4.78 is 10.3. The van der Waals surface area contributed by atoms with E-state index in [9.17, 15) is 14.9 Å². The number of aryl methyl sites for hydroxylation is 1. The lowest BCUT2D eigenvalue weighted by molar-refractivity contribution is -0.385. The minimum atomic E-state index is -0.726. The molecule has 0 unspecified atom stereocenters. The molecule has 0 fully saturated rings. The monoisotopic (exact) mass is 350 g/mol. The Hall–Kier alpha value is -2.80. The minimum absolute atomic E-state index is 0.00497. The summed E-state index contributed by atoms with van der Waals surface area (Å²) in [7, 11) is 0. The van der Waals surface area contributed by atoms with Crippen molar-refractivity contribution in [1.82, 2.24) is 0 Å². The molecule has 2 aromatic rings. The molecule has 0 aromatic heterocycles. The third-order valence-electron chi connectivity index (χ3n) is 3.06. The third kappa shape index (κ3) is 4.85. The Morgan fingerprint density at radius 1 is 1.25 bits per heavy atom. The molecule has 0 spiro atoms. The normalized spacial score (nSPS) is 10.1. The van der Waals surface area contributed by atoms with Crippen molar-refractivity contribution in [1.29, 1.82) is 0 Å². The molecule has 0 bridgehead atoms. The summed E-state index contributed by atoms with van der Waals surface area (Å²) in [5.41, 5.74) is 0.714. The molecule has 0 aliphatic rings. The average molecular weight is 351 g/mol. The zero-order valence-electron chi connectivity index (χ0n) is 12.8. The van der Waals surface area contributed by atoms with Gasteiger partial charge in [0.1, 0.15) is 19.0 Å². The van der Waals surface area contributed by atoms with Gasteiger partial charge in [-0.3, -0.25) is 15.4 Å². The highest BCUT2D eigenvalue weighted by atomic mass is 35.5. The standard InChI is InChI=1S/C16H15ClN2O5/c1-11-6-7-12(10-14(11)19(21)22)18-16(20)24-9-8-23-15-5-3-2-4-13(15)17/h2-7,10H,8-9H2,1H3,(H,18,20). The number of hydrogen-bond acceptors (Lipinski definition) is 5. The van der Waals surface area contributed by atoms with E-state index in [4.69, 9.17) is 21.1 Å². The lowest BCUT2D eigenvalue weighted by Gasteiger charge is -2.09. The van der Waals surface area contributed by atoms with Gasteiger partial charge < -0.3 is 9.47 Å². The quantitative estimate of drug-likeness (QED) is 0.479. The van der Waals surface area contributed by atoms with Crippen LogP contribution in [-0.2, 0) is 4.74 Å². The summed E-state index contributed by atoms with van der Waals surface area (Å²) in [6.07, 6.45) is -0.726. The van der Waals surface area contributed by atoms with Crippen molar-refractivity contribution in [3.8, 4) is 5.75 Å². The number of carbonyl (C=O) groups is 1. The maximum absolute atomic E-state index is 11.7. The minimum Gasteiger partial charge on any atom is -0.488 e. The van der Waals surface area contributed by atoms with E-state index in [2.05, 4.69) is 5.32 Å². The largest absolute Gasteiger partial charge is 0.488 e. The van der Waals surface area contributed by atoms with Crippen molar-refractivity contribution < 1.29 is 19.2 Å². The van der Waals surface area contributed by atoms with E-state index in [1.165, 1.54) is 6.07 Å². The molecule has 24 heavy (non-hydrogen) atoms. The van der Waals surface area contributed by atoms with Crippen LogP contribution in [0.5, 0.6) is 5.75 Å². The number of nitro groups is 1. The van der Waals surface area contributed by atoms with Crippen molar-refractivity contribution >= 4 is 29.1 Å². The van der Waals surface area contributed by atoms with Crippen molar-refractivity contribution in [2.24, 2.45) is 0 Å². The Bertz CT molecular complexity index is 751. The molecule has 0 saturated heterocycles. The number of para-hydroxylation sites is 1. The van der Waals surface area contributed by atoms with Crippen molar-refractivity contribution in [2.45, 2.75) is 6.92 Å². The van der Waals surface area contributed by atoms with Crippen LogP contribution in [0.2, 0.25) is 5.02 Å². The van der Waals surface area contributed by atoms with Gasteiger partial charge in [-0.05, 0) is 25.1 Å². The summed E-state index contributed by atoms with van der Waals surface area (Å²) in [6, 6.07) is 11.3. The van der Waals surface area contributed by atoms with Crippen LogP contribution in [0.3, 0.4) is 0 Å². The molecule has 7 nitrogen and oxygen atoms in total. The molecular formula is C16H15ClN2O5. The number of rotatable bonds is 6. The van der Waals surface area contributed by atoms with Crippen LogP contribution in [0, 0.1) is 17.0 Å². The highest BCUT2D eigenvalue weighted by Gasteiger charge is 2.12. The van der Waals surface area contributed by atoms with Gasteiger partial charge in [0.15, 0.2) is 0 Å². The zero-order chi connectivity index (χ0) is 17.5. The van der Waals surface area contributed by atoms with Crippen LogP contribution < -0.4 is 10.1 Å². The number of anilines is 1. The molecule has 0 atom stereocenters. The smallest absolute Gasteiger partial charge is 0.411 e. The predicted octanol–water partition coefficient (Wildman–Crippen LogP) is 4.18. The van der Waals surface area contributed by atoms with Gasteiger partial charge in [0.2, 0.25) is 0 Å². The summed E-state index contributed by atoms with van der Waals surface area (Å²) in [5, 5.41) is 13.8. The van der Waals surface area contributed by atoms with E-state index < -0.39 is 11.0 Å². The van der Waals surface area contributed by atoms with Gasteiger partial charge in [0, 0.05) is 11.6 Å². The number of nitro benzene ring substituents is 1. The van der Waals surface area contributed by atoms with Crippen LogP contribution in [0.15, 0.2) is 42.5 Å². The number of nitrogens with one attached hydrogen (secondary N) is 1. The first-order valence-electron chi connectivity index (χ1n) is 7.03. The van der Waals surface area contributed by atoms with Gasteiger partial charge >= 0.3 is 6.09 Å². The second kappa shape index (κ2) is 8.16. The van der Waals surface area contributed by atoms with Gasteiger partial charge in [-0.2, -0.15) is 0 Å². The van der Waals surface area contributed by atoms with E-state index in [0.717, 1.165) is 0 Å². The summed E-state index contributed by atoms with van der Waals surface area (Å²) in [4.78, 5) is 22.0. The second-order valence-electron chi connectivity index (χ2n) is 4.80. The number of hydrogen-bond donors (Lipinski definition) is 1. The second-order valence-corrected chi connectivity index (χ2v) is 5.21. The maximum atomic E-state index is 11.7. The van der Waals surface area contributed by atoms with E-state index in [0.29, 0.717) is 16.3 Å². The van der Waals surface area contributed by atoms with Crippen LogP contribution in [0.1, 0.15) is 5.56 Å². The van der Waals surface area contributed by atoms with Gasteiger partial charge in [0.25, 0.3) is 5.69 Å². The molecule has 0 aliphatic carbocycles. The molecule has 126 valence electrons. The number of carbonyl (C=O) groups excluding carboxylic acids is 1. The average Bonchev–Trinajstić information content (AvgIpc) is 2.54. The van der Waals surface area contributed by atoms with Crippen LogP contribution in [0.4, 0.5) is 16.2 Å². The molecule has 8 heteroatoms. The molecule has 1 amide bonds. The predicted molar refractivity (Wildman–Crippen MR) is 89.8 cm³/mol. The van der Waals surface area contributed by atoms with E-state index >= 15 is 0 Å². The summed E-state index contributed by atoms with van der Waals surface area (Å²) in [5.74, 6) is 0.498. The number of nitrogens with zero attached hydrogens (tertiary/aromatic N) is 1. The fourth-order valence-electron chi connectivity index (χ4n) is 1.89. The topological polar surface area (TPSA) is 90.7 Å². The van der Waals surface area contributed by atoms with Crippen molar-refractivity contribution in [3.63, 3.8) is 0 Å². The number of ether oxygens (including phenoxy) is 2. The Labute approximate surface area is 143 Å². The summed E-state index contributed by atoms with van der Waals surface area (Å²) in [6.45, 7) is 1.75. The molecule has 2 rings (SSSR count). The number of benzene rings is 2. The lowest BCUT2D eigenvalue weighted by Crippen LogP contribution is -2.17. The van der Waals surface area contributed by atoms with E-state index in [1.807, 2.05) is 0 Å². The van der Waals surface area contributed by atoms with Crippen LogP contribution in [0.25, 0.3) is 0 Å².